The van der Waals surface area contributed by atoms with Crippen LogP contribution in [0, 0.1) is 10.1 Å². The molecule has 0 fully saturated rings. The Morgan fingerprint density at radius 3 is 2.61 bits per heavy atom. The van der Waals surface area contributed by atoms with Crippen molar-refractivity contribution in [1.29, 1.82) is 0 Å². The minimum absolute atomic E-state index is 0.0208. The van der Waals surface area contributed by atoms with Gasteiger partial charge in [-0.3, -0.25) is 14.9 Å². The molecule has 1 aliphatic rings. The van der Waals surface area contributed by atoms with Gasteiger partial charge in [0.15, 0.2) is 10.9 Å². The summed E-state index contributed by atoms with van der Waals surface area (Å²) in [6, 6.07) is 9.13. The number of nitro benzene ring substituents is 1. The summed E-state index contributed by atoms with van der Waals surface area (Å²) in [5.41, 5.74) is 2.40. The van der Waals surface area contributed by atoms with Crippen molar-refractivity contribution in [2.75, 3.05) is 11.9 Å². The van der Waals surface area contributed by atoms with E-state index in [4.69, 9.17) is 12.2 Å². The van der Waals surface area contributed by atoms with E-state index in [9.17, 15) is 24.8 Å². The number of non-ortho nitro benzene ring substituents is 1. The molecule has 0 bridgehead atoms. The van der Waals surface area contributed by atoms with E-state index in [1.165, 1.54) is 37.3 Å². The van der Waals surface area contributed by atoms with Gasteiger partial charge in [-0.2, -0.15) is 0 Å². The van der Waals surface area contributed by atoms with E-state index in [2.05, 4.69) is 5.32 Å². The van der Waals surface area contributed by atoms with Crippen molar-refractivity contribution in [2.24, 2.45) is 0 Å². The van der Waals surface area contributed by atoms with Crippen molar-refractivity contribution < 1.29 is 19.6 Å². The van der Waals surface area contributed by atoms with Gasteiger partial charge in [-0.05, 0) is 54.9 Å². The molecule has 0 spiro atoms. The topological polar surface area (TPSA) is 113 Å². The monoisotopic (exact) mass is 399 g/mol. The van der Waals surface area contributed by atoms with Crippen molar-refractivity contribution in [2.45, 2.75) is 19.9 Å². The van der Waals surface area contributed by atoms with Crippen LogP contribution in [0.25, 0.3) is 0 Å². The average Bonchev–Trinajstić information content (AvgIpc) is 2.66. The molecule has 0 amide bonds. The molecule has 0 saturated carbocycles. The number of thiocarbonyl (C=S) groups is 1. The number of carboxylic acid groups (broad SMARTS) is 1. The lowest BCUT2D eigenvalue weighted by molar-refractivity contribution is -0.385. The van der Waals surface area contributed by atoms with E-state index in [-0.39, 0.29) is 22.7 Å². The number of rotatable bonds is 4. The lowest BCUT2D eigenvalue weighted by atomic mass is 9.99. The second-order valence-electron chi connectivity index (χ2n) is 6.43. The Labute approximate surface area is 165 Å². The molecular formula is C19H17N3O5S. The minimum atomic E-state index is -1.17. The van der Waals surface area contributed by atoms with E-state index in [1.807, 2.05) is 4.90 Å². The zero-order valence-corrected chi connectivity index (χ0v) is 15.8. The van der Waals surface area contributed by atoms with E-state index in [0.29, 0.717) is 30.2 Å². The Hall–Kier alpha value is -3.33. The summed E-state index contributed by atoms with van der Waals surface area (Å²) < 4.78 is 0. The molecule has 0 atom stereocenters. The third-order valence-electron chi connectivity index (χ3n) is 4.60. The Morgan fingerprint density at radius 1 is 1.21 bits per heavy atom. The van der Waals surface area contributed by atoms with Gasteiger partial charge in [-0.25, -0.2) is 4.79 Å². The second-order valence-corrected chi connectivity index (χ2v) is 6.82. The molecule has 144 valence electrons. The maximum absolute atomic E-state index is 11.5. The highest BCUT2D eigenvalue weighted by atomic mass is 32.1. The molecule has 2 aromatic rings. The number of aromatic carboxylic acids is 1. The lowest BCUT2D eigenvalue weighted by Crippen LogP contribution is -2.39. The Bertz CT molecular complexity index is 1010. The zero-order chi connectivity index (χ0) is 20.4. The van der Waals surface area contributed by atoms with E-state index in [1.54, 1.807) is 6.07 Å². The summed E-state index contributed by atoms with van der Waals surface area (Å²) in [7, 11) is 0. The van der Waals surface area contributed by atoms with Gasteiger partial charge in [0.2, 0.25) is 0 Å². The molecule has 9 heteroatoms. The highest BCUT2D eigenvalue weighted by molar-refractivity contribution is 7.80. The number of benzene rings is 2. The summed E-state index contributed by atoms with van der Waals surface area (Å²) in [5.74, 6) is -1.40. The fourth-order valence-corrected chi connectivity index (χ4v) is 3.34. The van der Waals surface area contributed by atoms with Crippen LogP contribution in [0.15, 0.2) is 36.4 Å². The first-order valence-electron chi connectivity index (χ1n) is 8.46. The van der Waals surface area contributed by atoms with Crippen molar-refractivity contribution in [3.05, 3.63) is 68.8 Å². The average molecular weight is 399 g/mol. The number of Topliss-reactive ketones (excluding diaryl/α,β-unsaturated/α-hetero) is 1. The number of carbonyl (C=O) groups excluding carboxylic acids is 1. The molecule has 1 aliphatic heterocycles. The van der Waals surface area contributed by atoms with Crippen LogP contribution >= 0.6 is 12.2 Å². The highest BCUT2D eigenvalue weighted by Gasteiger charge is 2.22. The van der Waals surface area contributed by atoms with Gasteiger partial charge >= 0.3 is 5.97 Å². The number of fused-ring (bicyclic) bond motifs is 1. The fraction of sp³-hybridized carbons (Fsp3) is 0.211. The number of hydrogen-bond donors (Lipinski definition) is 2. The molecule has 2 aromatic carbocycles. The van der Waals surface area contributed by atoms with Gasteiger partial charge in [0, 0.05) is 30.8 Å². The predicted molar refractivity (Wildman–Crippen MR) is 107 cm³/mol. The van der Waals surface area contributed by atoms with Crippen LogP contribution in [0.4, 0.5) is 11.4 Å². The third-order valence-corrected chi connectivity index (χ3v) is 4.96. The van der Waals surface area contributed by atoms with Gasteiger partial charge in [-0.1, -0.05) is 6.07 Å². The fourth-order valence-electron chi connectivity index (χ4n) is 3.07. The normalized spacial score (nSPS) is 12.8. The molecule has 8 nitrogen and oxygen atoms in total. The summed E-state index contributed by atoms with van der Waals surface area (Å²) in [6.45, 7) is 2.35. The maximum Gasteiger partial charge on any atom is 0.337 e. The number of ketones is 1. The standard InChI is InChI=1S/C19H17N3O5S/c1-11(23)13-3-5-17(16(9-13)18(24)25)20-19(28)21-7-6-12-2-4-15(22(26)27)8-14(12)10-21/h2-5,8-9H,6-7,10H2,1H3,(H,20,28)(H,24,25). The van der Waals surface area contributed by atoms with Gasteiger partial charge in [0.25, 0.3) is 5.69 Å². The maximum atomic E-state index is 11.5. The van der Waals surface area contributed by atoms with Crippen molar-refractivity contribution in [1.82, 2.24) is 4.90 Å². The van der Waals surface area contributed by atoms with Crippen LogP contribution < -0.4 is 5.32 Å². The molecule has 0 saturated heterocycles. The summed E-state index contributed by atoms with van der Waals surface area (Å²) in [4.78, 5) is 35.4. The second kappa shape index (κ2) is 7.73. The predicted octanol–water partition coefficient (Wildman–Crippen LogP) is 3.25. The van der Waals surface area contributed by atoms with Crippen LogP contribution in [-0.2, 0) is 13.0 Å². The van der Waals surface area contributed by atoms with E-state index >= 15 is 0 Å². The van der Waals surface area contributed by atoms with Crippen molar-refractivity contribution >= 4 is 40.5 Å². The molecule has 0 aromatic heterocycles. The number of carboxylic acids is 1. The SMILES string of the molecule is CC(=O)c1ccc(NC(=S)N2CCc3ccc([N+](=O)[O-])cc3C2)c(C(=O)O)c1. The summed E-state index contributed by atoms with van der Waals surface area (Å²) >= 11 is 5.42. The molecule has 0 unspecified atom stereocenters. The lowest BCUT2D eigenvalue weighted by Gasteiger charge is -2.31. The highest BCUT2D eigenvalue weighted by Crippen LogP contribution is 2.25. The first-order chi connectivity index (χ1) is 13.3. The number of nitrogens with one attached hydrogen (secondary N) is 1. The first-order valence-corrected chi connectivity index (χ1v) is 8.87. The number of carbonyl (C=O) groups is 2. The van der Waals surface area contributed by atoms with Gasteiger partial charge < -0.3 is 15.3 Å². The molecule has 1 heterocycles. The molecular weight excluding hydrogens is 382 g/mol. The van der Waals surface area contributed by atoms with Crippen LogP contribution in [-0.4, -0.2) is 38.3 Å². The zero-order valence-electron chi connectivity index (χ0n) is 15.0. The van der Waals surface area contributed by atoms with Crippen LogP contribution in [0.5, 0.6) is 0 Å². The molecule has 3 rings (SSSR count). The summed E-state index contributed by atoms with van der Waals surface area (Å²) in [5, 5.41) is 23.7. The van der Waals surface area contributed by atoms with Crippen LogP contribution in [0.2, 0.25) is 0 Å². The Balaban J connectivity index is 1.81. The van der Waals surface area contributed by atoms with Gasteiger partial charge in [0.1, 0.15) is 0 Å². The number of anilines is 1. The Kier molecular flexibility index (Phi) is 5.36. The summed E-state index contributed by atoms with van der Waals surface area (Å²) in [6.07, 6.45) is 0.671. The molecule has 2 N–H and O–H groups in total. The molecule has 0 aliphatic carbocycles. The van der Waals surface area contributed by atoms with Crippen LogP contribution in [0.1, 0.15) is 38.8 Å². The Morgan fingerprint density at radius 2 is 1.96 bits per heavy atom. The first kappa shape index (κ1) is 19.4. The van der Waals surface area contributed by atoms with Crippen molar-refractivity contribution in [3.63, 3.8) is 0 Å². The van der Waals surface area contributed by atoms with Crippen molar-refractivity contribution in [3.8, 4) is 0 Å². The number of nitro groups is 1. The minimum Gasteiger partial charge on any atom is -0.478 e. The third kappa shape index (κ3) is 3.99. The van der Waals surface area contributed by atoms with E-state index < -0.39 is 10.9 Å². The largest absolute Gasteiger partial charge is 0.478 e. The molecule has 0 radical (unpaired) electrons. The van der Waals surface area contributed by atoms with Gasteiger partial charge in [-0.15, -0.1) is 0 Å². The smallest absolute Gasteiger partial charge is 0.337 e. The molecule has 28 heavy (non-hydrogen) atoms. The van der Waals surface area contributed by atoms with Gasteiger partial charge in [0.05, 0.1) is 16.2 Å². The quantitative estimate of drug-likeness (QED) is 0.349. The van der Waals surface area contributed by atoms with E-state index in [0.717, 1.165) is 11.1 Å². The van der Waals surface area contributed by atoms with Crippen LogP contribution in [0.3, 0.4) is 0 Å². The number of hydrogen-bond acceptors (Lipinski definition) is 5. The number of nitrogens with zero attached hydrogens (tertiary/aromatic N) is 2.